The molecule has 5 heteroatoms. The van der Waals surface area contributed by atoms with Gasteiger partial charge in [-0.2, -0.15) is 0 Å². The quantitative estimate of drug-likeness (QED) is 0.854. The first-order valence-electron chi connectivity index (χ1n) is 6.91. The van der Waals surface area contributed by atoms with Crippen molar-refractivity contribution in [3.63, 3.8) is 0 Å². The first-order valence-corrected chi connectivity index (χ1v) is 7.71. The second-order valence-corrected chi connectivity index (χ2v) is 6.63. The summed E-state index contributed by atoms with van der Waals surface area (Å²) in [5.41, 5.74) is 2.27. The standard InChI is InChI=1S/C17H15BrN2O2/c1-17(2)11-8-7-10(9-14(11)20-16(17)22)15(21)19-13-6-4-3-5-12(13)18/h3-9H,1-2H3,(H,19,21)(H,20,22). The number of hydrogen-bond donors (Lipinski definition) is 2. The molecule has 0 bridgehead atoms. The van der Waals surface area contributed by atoms with E-state index in [1.165, 1.54) is 0 Å². The molecule has 1 heterocycles. The molecule has 0 saturated carbocycles. The van der Waals surface area contributed by atoms with Gasteiger partial charge in [-0.05, 0) is 59.6 Å². The molecule has 4 nitrogen and oxygen atoms in total. The number of fused-ring (bicyclic) bond motifs is 1. The summed E-state index contributed by atoms with van der Waals surface area (Å²) in [5.74, 6) is -0.264. The predicted molar refractivity (Wildman–Crippen MR) is 90.2 cm³/mol. The van der Waals surface area contributed by atoms with Crippen LogP contribution in [-0.2, 0) is 10.2 Å². The van der Waals surface area contributed by atoms with Crippen LogP contribution in [0.3, 0.4) is 0 Å². The lowest BCUT2D eigenvalue weighted by molar-refractivity contribution is -0.119. The molecule has 2 N–H and O–H groups in total. The average Bonchev–Trinajstić information content (AvgIpc) is 2.71. The molecule has 2 aromatic rings. The summed E-state index contributed by atoms with van der Waals surface area (Å²) in [5, 5.41) is 5.68. The van der Waals surface area contributed by atoms with Gasteiger partial charge in [-0.15, -0.1) is 0 Å². The van der Waals surface area contributed by atoms with Crippen molar-refractivity contribution in [2.24, 2.45) is 0 Å². The first kappa shape index (κ1) is 14.8. The molecule has 0 unspecified atom stereocenters. The molecule has 112 valence electrons. The summed E-state index contributed by atoms with van der Waals surface area (Å²) in [6.07, 6.45) is 0. The summed E-state index contributed by atoms with van der Waals surface area (Å²) in [4.78, 5) is 24.3. The number of nitrogens with one attached hydrogen (secondary N) is 2. The van der Waals surface area contributed by atoms with Gasteiger partial charge in [0.2, 0.25) is 5.91 Å². The van der Waals surface area contributed by atoms with Gasteiger partial charge in [0.15, 0.2) is 0 Å². The normalized spacial score (nSPS) is 15.1. The molecule has 1 aliphatic heterocycles. The van der Waals surface area contributed by atoms with Crippen LogP contribution < -0.4 is 10.6 Å². The van der Waals surface area contributed by atoms with Gasteiger partial charge in [-0.1, -0.05) is 18.2 Å². The van der Waals surface area contributed by atoms with E-state index in [0.29, 0.717) is 16.9 Å². The lowest BCUT2D eigenvalue weighted by atomic mass is 9.86. The molecule has 0 aliphatic carbocycles. The minimum absolute atomic E-state index is 0.0501. The van der Waals surface area contributed by atoms with E-state index in [1.54, 1.807) is 12.1 Å². The van der Waals surface area contributed by atoms with Crippen LogP contribution in [0.2, 0.25) is 0 Å². The number of carbonyl (C=O) groups excluding carboxylic acids is 2. The Labute approximate surface area is 137 Å². The zero-order chi connectivity index (χ0) is 15.9. The molecule has 0 spiro atoms. The van der Waals surface area contributed by atoms with E-state index in [0.717, 1.165) is 10.0 Å². The fraction of sp³-hybridized carbons (Fsp3) is 0.176. The van der Waals surface area contributed by atoms with Gasteiger partial charge < -0.3 is 10.6 Å². The van der Waals surface area contributed by atoms with E-state index in [1.807, 2.05) is 44.2 Å². The Morgan fingerprint density at radius 3 is 2.64 bits per heavy atom. The molecule has 2 amide bonds. The molecule has 3 rings (SSSR count). The minimum atomic E-state index is -0.563. The van der Waals surface area contributed by atoms with Crippen LogP contribution in [0, 0.1) is 0 Å². The Balaban J connectivity index is 1.88. The number of hydrogen-bond acceptors (Lipinski definition) is 2. The molecule has 0 radical (unpaired) electrons. The SMILES string of the molecule is CC1(C)C(=O)Nc2cc(C(=O)Nc3ccccc3Br)ccc21. The molecule has 0 aromatic heterocycles. The van der Waals surface area contributed by atoms with Gasteiger partial charge in [0.25, 0.3) is 5.91 Å². The highest BCUT2D eigenvalue weighted by atomic mass is 79.9. The second-order valence-electron chi connectivity index (χ2n) is 5.77. The van der Waals surface area contributed by atoms with Gasteiger partial charge >= 0.3 is 0 Å². The lowest BCUT2D eigenvalue weighted by Gasteiger charge is -2.15. The number of para-hydroxylation sites is 1. The van der Waals surface area contributed by atoms with Gasteiger partial charge in [-0.25, -0.2) is 0 Å². The van der Waals surface area contributed by atoms with Gasteiger partial charge in [0, 0.05) is 15.7 Å². The van der Waals surface area contributed by atoms with Crippen molar-refractivity contribution in [2.45, 2.75) is 19.3 Å². The lowest BCUT2D eigenvalue weighted by Crippen LogP contribution is -2.26. The summed E-state index contributed by atoms with van der Waals surface area (Å²) < 4.78 is 0.818. The van der Waals surface area contributed by atoms with Crippen molar-refractivity contribution in [1.82, 2.24) is 0 Å². The fourth-order valence-corrected chi connectivity index (χ4v) is 2.88. The third-order valence-corrected chi connectivity index (χ3v) is 4.58. The Bertz CT molecular complexity index is 784. The summed E-state index contributed by atoms with van der Waals surface area (Å²) in [7, 11) is 0. The van der Waals surface area contributed by atoms with E-state index in [9.17, 15) is 9.59 Å². The van der Waals surface area contributed by atoms with Crippen LogP contribution in [0.5, 0.6) is 0 Å². The summed E-state index contributed by atoms with van der Waals surface area (Å²) in [6.45, 7) is 3.74. The molecule has 2 aromatic carbocycles. The van der Waals surface area contributed by atoms with Crippen LogP contribution in [0.15, 0.2) is 46.9 Å². The van der Waals surface area contributed by atoms with Crippen molar-refractivity contribution in [1.29, 1.82) is 0 Å². The minimum Gasteiger partial charge on any atom is -0.325 e. The van der Waals surface area contributed by atoms with Crippen molar-refractivity contribution in [3.8, 4) is 0 Å². The average molecular weight is 359 g/mol. The Kier molecular flexibility index (Phi) is 3.53. The zero-order valence-electron chi connectivity index (χ0n) is 12.2. The number of carbonyl (C=O) groups is 2. The highest BCUT2D eigenvalue weighted by molar-refractivity contribution is 9.10. The van der Waals surface area contributed by atoms with Crippen LogP contribution in [0.1, 0.15) is 29.8 Å². The first-order chi connectivity index (χ1) is 10.4. The Morgan fingerprint density at radius 1 is 1.18 bits per heavy atom. The molecule has 22 heavy (non-hydrogen) atoms. The molecule has 0 saturated heterocycles. The van der Waals surface area contributed by atoms with Crippen LogP contribution >= 0.6 is 15.9 Å². The highest BCUT2D eigenvalue weighted by Crippen LogP contribution is 2.37. The van der Waals surface area contributed by atoms with E-state index in [-0.39, 0.29) is 11.8 Å². The van der Waals surface area contributed by atoms with Crippen molar-refractivity contribution in [3.05, 3.63) is 58.1 Å². The van der Waals surface area contributed by atoms with Crippen LogP contribution in [-0.4, -0.2) is 11.8 Å². The molecular weight excluding hydrogens is 344 g/mol. The fourth-order valence-electron chi connectivity index (χ4n) is 2.49. The van der Waals surface area contributed by atoms with E-state index in [2.05, 4.69) is 26.6 Å². The third kappa shape index (κ3) is 2.41. The number of rotatable bonds is 2. The third-order valence-electron chi connectivity index (χ3n) is 3.89. The maximum atomic E-state index is 12.4. The number of anilines is 2. The number of amides is 2. The largest absolute Gasteiger partial charge is 0.325 e. The summed E-state index contributed by atoms with van der Waals surface area (Å²) >= 11 is 3.40. The van der Waals surface area contributed by atoms with Crippen LogP contribution in [0.4, 0.5) is 11.4 Å². The number of benzene rings is 2. The van der Waals surface area contributed by atoms with Gasteiger partial charge in [0.05, 0.1) is 11.1 Å². The van der Waals surface area contributed by atoms with E-state index in [4.69, 9.17) is 0 Å². The van der Waals surface area contributed by atoms with E-state index < -0.39 is 5.41 Å². The topological polar surface area (TPSA) is 58.2 Å². The molecule has 1 aliphatic rings. The highest BCUT2D eigenvalue weighted by Gasteiger charge is 2.38. The molecule has 0 atom stereocenters. The number of halogens is 1. The maximum Gasteiger partial charge on any atom is 0.255 e. The monoisotopic (exact) mass is 358 g/mol. The molecular formula is C17H15BrN2O2. The summed E-state index contributed by atoms with van der Waals surface area (Å²) in [6, 6.07) is 12.7. The predicted octanol–water partition coefficient (Wildman–Crippen LogP) is 3.93. The zero-order valence-corrected chi connectivity index (χ0v) is 13.8. The maximum absolute atomic E-state index is 12.4. The van der Waals surface area contributed by atoms with Crippen molar-refractivity contribution >= 4 is 39.1 Å². The Hall–Kier alpha value is -2.14. The smallest absolute Gasteiger partial charge is 0.255 e. The van der Waals surface area contributed by atoms with Gasteiger partial charge in [0.1, 0.15) is 0 Å². The van der Waals surface area contributed by atoms with E-state index >= 15 is 0 Å². The van der Waals surface area contributed by atoms with Gasteiger partial charge in [-0.3, -0.25) is 9.59 Å². The van der Waals surface area contributed by atoms with Crippen molar-refractivity contribution in [2.75, 3.05) is 10.6 Å². The van der Waals surface area contributed by atoms with Crippen molar-refractivity contribution < 1.29 is 9.59 Å². The Morgan fingerprint density at radius 2 is 1.91 bits per heavy atom. The second kappa shape index (κ2) is 5.25. The van der Waals surface area contributed by atoms with Crippen LogP contribution in [0.25, 0.3) is 0 Å². The molecule has 0 fully saturated rings.